The highest BCUT2D eigenvalue weighted by Crippen LogP contribution is 2.32. The second-order valence-electron chi connectivity index (χ2n) is 7.76. The van der Waals surface area contributed by atoms with Crippen molar-refractivity contribution >= 4 is 5.97 Å². The van der Waals surface area contributed by atoms with Gasteiger partial charge >= 0.3 is 5.97 Å². The van der Waals surface area contributed by atoms with E-state index in [0.717, 1.165) is 52.1 Å². The minimum atomic E-state index is -0.725. The average Bonchev–Trinajstić information content (AvgIpc) is 2.50. The van der Waals surface area contributed by atoms with E-state index in [1.807, 2.05) is 6.92 Å². The van der Waals surface area contributed by atoms with Gasteiger partial charge in [-0.05, 0) is 38.8 Å². The number of likely N-dealkylation sites (tertiary alicyclic amines) is 3. The normalized spacial score (nSPS) is 21.8. The number of carboxylic acid groups (broad SMARTS) is 1. The fraction of sp³-hybridized carbons (Fsp3) is 0.944. The van der Waals surface area contributed by atoms with Gasteiger partial charge in [-0.3, -0.25) is 14.7 Å². The van der Waals surface area contributed by atoms with E-state index in [1.165, 1.54) is 6.42 Å². The van der Waals surface area contributed by atoms with Crippen LogP contribution in [-0.4, -0.2) is 112 Å². The number of nitrogens with zero attached hydrogens (tertiary/aromatic N) is 3. The molecule has 0 aromatic carbocycles. The summed E-state index contributed by atoms with van der Waals surface area (Å²) in [5.74, 6) is -0.649. The van der Waals surface area contributed by atoms with E-state index in [4.69, 9.17) is 15.3 Å². The zero-order chi connectivity index (χ0) is 19.2. The molecule has 8 heteroatoms. The van der Waals surface area contributed by atoms with Gasteiger partial charge in [-0.2, -0.15) is 0 Å². The van der Waals surface area contributed by atoms with Crippen molar-refractivity contribution in [1.82, 2.24) is 14.7 Å². The van der Waals surface area contributed by atoms with Crippen molar-refractivity contribution in [2.75, 3.05) is 65.6 Å². The highest BCUT2D eigenvalue weighted by molar-refractivity contribution is 5.79. The van der Waals surface area contributed by atoms with Gasteiger partial charge in [-0.1, -0.05) is 6.92 Å². The zero-order valence-corrected chi connectivity index (χ0v) is 15.9. The molecule has 152 valence electrons. The molecule has 0 saturated carbocycles. The van der Waals surface area contributed by atoms with Crippen LogP contribution in [0.3, 0.4) is 0 Å². The molecule has 3 rings (SSSR count). The molecule has 0 radical (unpaired) electrons. The first-order valence-corrected chi connectivity index (χ1v) is 9.76. The molecule has 4 N–H and O–H groups in total. The van der Waals surface area contributed by atoms with Crippen molar-refractivity contribution in [3.63, 3.8) is 0 Å². The van der Waals surface area contributed by atoms with Gasteiger partial charge in [0.05, 0.1) is 19.8 Å². The van der Waals surface area contributed by atoms with E-state index < -0.39 is 17.0 Å². The van der Waals surface area contributed by atoms with E-state index >= 15 is 0 Å². The second-order valence-corrected chi connectivity index (χ2v) is 7.76. The van der Waals surface area contributed by atoms with Crippen LogP contribution in [0.25, 0.3) is 0 Å². The van der Waals surface area contributed by atoms with Gasteiger partial charge in [-0.25, -0.2) is 4.79 Å². The predicted molar refractivity (Wildman–Crippen MR) is 97.8 cm³/mol. The van der Waals surface area contributed by atoms with Gasteiger partial charge in [0.25, 0.3) is 0 Å². The van der Waals surface area contributed by atoms with Crippen molar-refractivity contribution in [3.05, 3.63) is 0 Å². The summed E-state index contributed by atoms with van der Waals surface area (Å²) < 4.78 is 0. The molecule has 3 aliphatic rings. The number of hydrogen-bond donors (Lipinski definition) is 4. The third-order valence-electron chi connectivity index (χ3n) is 6.25. The predicted octanol–water partition coefficient (Wildman–Crippen LogP) is -0.756. The number of aliphatic hydroxyl groups is 3. The molecule has 0 amide bonds. The third-order valence-corrected chi connectivity index (χ3v) is 6.25. The summed E-state index contributed by atoms with van der Waals surface area (Å²) in [6.07, 6.45) is 4.10. The molecule has 3 aliphatic heterocycles. The molecular weight excluding hydrogens is 338 g/mol. The van der Waals surface area contributed by atoms with Gasteiger partial charge in [0.2, 0.25) is 0 Å². The Labute approximate surface area is 156 Å². The van der Waals surface area contributed by atoms with Gasteiger partial charge < -0.3 is 20.4 Å². The van der Waals surface area contributed by atoms with Crippen LogP contribution in [0.4, 0.5) is 0 Å². The Hall–Kier alpha value is -0.770. The largest absolute Gasteiger partial charge is 0.479 e. The fourth-order valence-electron chi connectivity index (χ4n) is 3.45. The van der Waals surface area contributed by atoms with Crippen molar-refractivity contribution in [3.8, 4) is 0 Å². The first kappa shape index (κ1) is 21.5. The molecule has 8 nitrogen and oxygen atoms in total. The van der Waals surface area contributed by atoms with Crippen LogP contribution >= 0.6 is 0 Å². The second kappa shape index (κ2) is 9.43. The molecule has 3 fully saturated rings. The highest BCUT2D eigenvalue weighted by Gasteiger charge is 2.54. The number of carbonyl (C=O) groups is 1. The maximum absolute atomic E-state index is 11.9. The van der Waals surface area contributed by atoms with Crippen molar-refractivity contribution in [2.45, 2.75) is 38.3 Å². The Morgan fingerprint density at radius 3 is 1.42 bits per heavy atom. The summed E-state index contributed by atoms with van der Waals surface area (Å²) in [5.41, 5.74) is -1.39. The monoisotopic (exact) mass is 373 g/mol. The summed E-state index contributed by atoms with van der Waals surface area (Å²) >= 11 is 0. The lowest BCUT2D eigenvalue weighted by Gasteiger charge is -2.56. The molecule has 0 aliphatic carbocycles. The van der Waals surface area contributed by atoms with Crippen molar-refractivity contribution in [2.24, 2.45) is 5.41 Å². The minimum Gasteiger partial charge on any atom is -0.479 e. The quantitative estimate of drug-likeness (QED) is 0.418. The van der Waals surface area contributed by atoms with Gasteiger partial charge in [-0.15, -0.1) is 0 Å². The van der Waals surface area contributed by atoms with Crippen LogP contribution in [0, 0.1) is 5.41 Å². The molecule has 3 heterocycles. The van der Waals surface area contributed by atoms with Crippen LogP contribution < -0.4 is 0 Å². The first-order chi connectivity index (χ1) is 12.5. The third kappa shape index (κ3) is 4.21. The zero-order valence-electron chi connectivity index (χ0n) is 15.9. The molecule has 0 aromatic heterocycles. The van der Waals surface area contributed by atoms with E-state index in [2.05, 4.69) is 14.7 Å². The van der Waals surface area contributed by atoms with E-state index in [-0.39, 0.29) is 19.8 Å². The SMILES string of the molecule is CCC(CO)(CO)CO.O=C(O)C(CN1CCC1)(N1CCC1)N1CCC1. The van der Waals surface area contributed by atoms with Crippen LogP contribution in [0.5, 0.6) is 0 Å². The van der Waals surface area contributed by atoms with Crippen LogP contribution in [0.15, 0.2) is 0 Å². The number of aliphatic carboxylic acids is 1. The summed E-state index contributed by atoms with van der Waals surface area (Å²) in [5, 5.41) is 35.7. The molecule has 3 saturated heterocycles. The standard InChI is InChI=1S/C12H21N3O2.C6H14O3/c16-11(17)12(14-6-2-7-14,15-8-3-9-15)10-13-4-1-5-13;1-2-6(3-7,4-8)5-9/h1-10H2,(H,16,17);7-9H,2-5H2,1H3. The first-order valence-electron chi connectivity index (χ1n) is 9.76. The van der Waals surface area contributed by atoms with E-state index in [9.17, 15) is 9.90 Å². The average molecular weight is 373 g/mol. The molecular formula is C18H35N3O5. The van der Waals surface area contributed by atoms with Gasteiger partial charge in [0.1, 0.15) is 0 Å². The molecule has 0 unspecified atom stereocenters. The molecule has 26 heavy (non-hydrogen) atoms. The lowest BCUT2D eigenvalue weighted by atomic mass is 9.88. The maximum atomic E-state index is 11.9. The smallest absolute Gasteiger partial charge is 0.340 e. The maximum Gasteiger partial charge on any atom is 0.340 e. The van der Waals surface area contributed by atoms with Crippen molar-refractivity contribution in [1.29, 1.82) is 0 Å². The molecule has 0 aromatic rings. The molecule has 0 atom stereocenters. The van der Waals surface area contributed by atoms with Crippen molar-refractivity contribution < 1.29 is 25.2 Å². The lowest BCUT2D eigenvalue weighted by molar-refractivity contribution is -0.188. The fourth-order valence-corrected chi connectivity index (χ4v) is 3.45. The molecule has 0 bridgehead atoms. The summed E-state index contributed by atoms with van der Waals surface area (Å²) in [6, 6.07) is 0. The number of aliphatic hydroxyl groups excluding tert-OH is 3. The Morgan fingerprint density at radius 2 is 1.27 bits per heavy atom. The van der Waals surface area contributed by atoms with Gasteiger partial charge in [0.15, 0.2) is 5.66 Å². The van der Waals surface area contributed by atoms with Crippen LogP contribution in [0.1, 0.15) is 32.6 Å². The topological polar surface area (TPSA) is 108 Å². The number of carboxylic acids is 1. The summed E-state index contributed by atoms with van der Waals surface area (Å²) in [6.45, 7) is 7.93. The Morgan fingerprint density at radius 1 is 0.846 bits per heavy atom. The highest BCUT2D eigenvalue weighted by atomic mass is 16.4. The number of hydrogen-bond acceptors (Lipinski definition) is 7. The Balaban J connectivity index is 0.000000232. The minimum absolute atomic E-state index is 0.156. The Bertz CT molecular complexity index is 415. The number of rotatable bonds is 9. The van der Waals surface area contributed by atoms with Crippen LogP contribution in [0.2, 0.25) is 0 Å². The Kier molecular flexibility index (Phi) is 7.81. The summed E-state index contributed by atoms with van der Waals surface area (Å²) in [4.78, 5) is 18.5. The molecule has 0 spiro atoms. The summed E-state index contributed by atoms with van der Waals surface area (Å²) in [7, 11) is 0. The van der Waals surface area contributed by atoms with Gasteiger partial charge in [0, 0.05) is 38.1 Å². The van der Waals surface area contributed by atoms with E-state index in [1.54, 1.807) is 0 Å². The lowest BCUT2D eigenvalue weighted by Crippen LogP contribution is -2.75. The van der Waals surface area contributed by atoms with Crippen LogP contribution in [-0.2, 0) is 4.79 Å². The van der Waals surface area contributed by atoms with E-state index in [0.29, 0.717) is 13.0 Å².